The molecule has 0 saturated carbocycles. The molecule has 2 fully saturated rings. The summed E-state index contributed by atoms with van der Waals surface area (Å²) in [7, 11) is 0. The third kappa shape index (κ3) is 3.11. The molecule has 2 N–H and O–H groups in total. The average molecular weight is 278 g/mol. The molecule has 20 heavy (non-hydrogen) atoms. The number of nitrogens with two attached hydrogens (primary N) is 1. The Bertz CT molecular complexity index is 429. The number of rotatable bonds is 4. The molecular formula is C15H22N2O3. The van der Waals surface area contributed by atoms with Gasteiger partial charge >= 0.3 is 0 Å². The molecule has 2 saturated heterocycles. The van der Waals surface area contributed by atoms with Gasteiger partial charge in [0, 0.05) is 38.0 Å². The van der Waals surface area contributed by atoms with Gasteiger partial charge in [-0.1, -0.05) is 0 Å². The maximum atomic E-state index is 6.05. The van der Waals surface area contributed by atoms with Crippen molar-refractivity contribution in [3.8, 4) is 5.75 Å². The van der Waals surface area contributed by atoms with Crippen LogP contribution in [0.4, 0.5) is 0 Å². The van der Waals surface area contributed by atoms with Crippen molar-refractivity contribution in [3.63, 3.8) is 0 Å². The molecule has 1 aromatic heterocycles. The number of pyridine rings is 1. The summed E-state index contributed by atoms with van der Waals surface area (Å²) in [5, 5.41) is 0. The van der Waals surface area contributed by atoms with E-state index in [1.807, 2.05) is 12.1 Å². The summed E-state index contributed by atoms with van der Waals surface area (Å²) in [4.78, 5) is 4.36. The Morgan fingerprint density at radius 2 is 2.35 bits per heavy atom. The molecule has 0 aromatic carbocycles. The first-order chi connectivity index (χ1) is 9.80. The summed E-state index contributed by atoms with van der Waals surface area (Å²) in [6, 6.07) is 3.96. The van der Waals surface area contributed by atoms with E-state index in [-0.39, 0.29) is 11.7 Å². The zero-order valence-corrected chi connectivity index (χ0v) is 11.7. The Kier molecular flexibility index (Phi) is 4.19. The zero-order valence-electron chi connectivity index (χ0n) is 11.7. The van der Waals surface area contributed by atoms with Crippen molar-refractivity contribution >= 4 is 0 Å². The third-order valence-corrected chi connectivity index (χ3v) is 4.02. The highest BCUT2D eigenvalue weighted by atomic mass is 16.6. The molecule has 5 heteroatoms. The van der Waals surface area contributed by atoms with Crippen LogP contribution < -0.4 is 10.5 Å². The molecule has 0 amide bonds. The topological polar surface area (TPSA) is 66.6 Å². The van der Waals surface area contributed by atoms with Crippen LogP contribution in [0.1, 0.15) is 25.0 Å². The van der Waals surface area contributed by atoms with Gasteiger partial charge in [0.15, 0.2) is 0 Å². The fraction of sp³-hybridized carbons (Fsp3) is 0.667. The molecule has 2 aliphatic heterocycles. The summed E-state index contributed by atoms with van der Waals surface area (Å²) in [6.45, 7) is 2.85. The van der Waals surface area contributed by atoms with E-state index >= 15 is 0 Å². The molecule has 2 unspecified atom stereocenters. The van der Waals surface area contributed by atoms with Crippen molar-refractivity contribution in [2.24, 2.45) is 5.73 Å². The van der Waals surface area contributed by atoms with Crippen LogP contribution in [0.3, 0.4) is 0 Å². The van der Waals surface area contributed by atoms with Gasteiger partial charge in [0.25, 0.3) is 0 Å². The molecule has 0 bridgehead atoms. The fourth-order valence-electron chi connectivity index (χ4n) is 2.92. The van der Waals surface area contributed by atoms with E-state index in [1.165, 1.54) is 0 Å². The lowest BCUT2D eigenvalue weighted by atomic mass is 9.91. The first-order valence-corrected chi connectivity index (χ1v) is 7.33. The smallest absolute Gasteiger partial charge is 0.138 e. The number of ether oxygens (including phenoxy) is 3. The van der Waals surface area contributed by atoms with Crippen LogP contribution in [0.15, 0.2) is 18.3 Å². The van der Waals surface area contributed by atoms with Gasteiger partial charge in [0.05, 0.1) is 25.0 Å². The van der Waals surface area contributed by atoms with Gasteiger partial charge in [-0.25, -0.2) is 0 Å². The summed E-state index contributed by atoms with van der Waals surface area (Å²) < 4.78 is 17.4. The van der Waals surface area contributed by atoms with Crippen molar-refractivity contribution < 1.29 is 14.2 Å². The van der Waals surface area contributed by atoms with Crippen LogP contribution in [0.5, 0.6) is 5.75 Å². The van der Waals surface area contributed by atoms with Crippen molar-refractivity contribution in [2.75, 3.05) is 26.4 Å². The lowest BCUT2D eigenvalue weighted by molar-refractivity contribution is -0.112. The average Bonchev–Trinajstić information content (AvgIpc) is 2.89. The predicted molar refractivity (Wildman–Crippen MR) is 74.8 cm³/mol. The third-order valence-electron chi connectivity index (χ3n) is 4.02. The second-order valence-corrected chi connectivity index (χ2v) is 5.59. The molecule has 5 nitrogen and oxygen atoms in total. The van der Waals surface area contributed by atoms with Crippen LogP contribution in [0.2, 0.25) is 0 Å². The molecule has 1 aromatic rings. The second-order valence-electron chi connectivity index (χ2n) is 5.59. The monoisotopic (exact) mass is 278 g/mol. The minimum Gasteiger partial charge on any atom is -0.489 e. The van der Waals surface area contributed by atoms with E-state index in [4.69, 9.17) is 19.9 Å². The maximum absolute atomic E-state index is 6.05. The van der Waals surface area contributed by atoms with E-state index in [1.54, 1.807) is 6.20 Å². The molecular weight excluding hydrogens is 256 g/mol. The van der Waals surface area contributed by atoms with Gasteiger partial charge in [0.2, 0.25) is 0 Å². The normalized spacial score (nSPS) is 29.8. The highest BCUT2D eigenvalue weighted by molar-refractivity contribution is 5.20. The zero-order chi connectivity index (χ0) is 13.8. The largest absolute Gasteiger partial charge is 0.489 e. The Labute approximate surface area is 119 Å². The number of hydrogen-bond donors (Lipinski definition) is 1. The second kappa shape index (κ2) is 6.08. The van der Waals surface area contributed by atoms with Gasteiger partial charge in [-0.05, 0) is 18.7 Å². The quantitative estimate of drug-likeness (QED) is 0.899. The molecule has 3 heterocycles. The minimum atomic E-state index is -0.115. The van der Waals surface area contributed by atoms with Gasteiger partial charge in [-0.2, -0.15) is 0 Å². The van der Waals surface area contributed by atoms with Crippen molar-refractivity contribution in [2.45, 2.75) is 37.4 Å². The Morgan fingerprint density at radius 3 is 3.05 bits per heavy atom. The Balaban J connectivity index is 1.59. The SMILES string of the molecule is NCCc1ccc(OC2CCOC3(CCOC3)C2)cn1. The number of aromatic nitrogens is 1. The highest BCUT2D eigenvalue weighted by Gasteiger charge is 2.41. The van der Waals surface area contributed by atoms with E-state index < -0.39 is 0 Å². The van der Waals surface area contributed by atoms with Gasteiger partial charge in [-0.15, -0.1) is 0 Å². The lowest BCUT2D eigenvalue weighted by Gasteiger charge is -2.36. The number of nitrogens with zero attached hydrogens (tertiary/aromatic N) is 1. The van der Waals surface area contributed by atoms with Crippen molar-refractivity contribution in [1.29, 1.82) is 0 Å². The van der Waals surface area contributed by atoms with Crippen molar-refractivity contribution in [3.05, 3.63) is 24.0 Å². The van der Waals surface area contributed by atoms with Gasteiger partial charge in [-0.3, -0.25) is 4.98 Å². The molecule has 2 aliphatic rings. The van der Waals surface area contributed by atoms with Gasteiger partial charge in [0.1, 0.15) is 11.9 Å². The molecule has 0 radical (unpaired) electrons. The van der Waals surface area contributed by atoms with Crippen LogP contribution in [0.25, 0.3) is 0 Å². The Hall–Kier alpha value is -1.17. The molecule has 0 aliphatic carbocycles. The van der Waals surface area contributed by atoms with E-state index in [0.717, 1.165) is 50.3 Å². The van der Waals surface area contributed by atoms with Gasteiger partial charge < -0.3 is 19.9 Å². The van der Waals surface area contributed by atoms with E-state index in [0.29, 0.717) is 13.2 Å². The summed E-state index contributed by atoms with van der Waals surface area (Å²) in [6.07, 6.45) is 5.58. The summed E-state index contributed by atoms with van der Waals surface area (Å²) in [5.74, 6) is 0.826. The maximum Gasteiger partial charge on any atom is 0.138 e. The van der Waals surface area contributed by atoms with Crippen LogP contribution in [-0.2, 0) is 15.9 Å². The lowest BCUT2D eigenvalue weighted by Crippen LogP contribution is -2.44. The summed E-state index contributed by atoms with van der Waals surface area (Å²) in [5.41, 5.74) is 6.41. The molecule has 3 rings (SSSR count). The molecule has 110 valence electrons. The molecule has 1 spiro atoms. The van der Waals surface area contributed by atoms with Crippen LogP contribution in [0, 0.1) is 0 Å². The fourth-order valence-corrected chi connectivity index (χ4v) is 2.92. The number of hydrogen-bond acceptors (Lipinski definition) is 5. The Morgan fingerprint density at radius 1 is 1.40 bits per heavy atom. The highest BCUT2D eigenvalue weighted by Crippen LogP contribution is 2.34. The first kappa shape index (κ1) is 13.8. The summed E-state index contributed by atoms with van der Waals surface area (Å²) >= 11 is 0. The standard InChI is InChI=1S/C15H22N2O3/c16-6-3-12-1-2-14(10-17-12)20-13-4-7-19-15(9-13)5-8-18-11-15/h1-2,10,13H,3-9,11,16H2. The molecule has 2 atom stereocenters. The van der Waals surface area contributed by atoms with Crippen LogP contribution >= 0.6 is 0 Å². The predicted octanol–water partition coefficient (Wildman–Crippen LogP) is 1.30. The van der Waals surface area contributed by atoms with E-state index in [9.17, 15) is 0 Å². The van der Waals surface area contributed by atoms with E-state index in [2.05, 4.69) is 4.98 Å². The van der Waals surface area contributed by atoms with Crippen LogP contribution in [-0.4, -0.2) is 43.1 Å². The first-order valence-electron chi connectivity index (χ1n) is 7.33. The minimum absolute atomic E-state index is 0.115. The van der Waals surface area contributed by atoms with Crippen molar-refractivity contribution in [1.82, 2.24) is 4.98 Å².